The van der Waals surface area contributed by atoms with Gasteiger partial charge in [0.15, 0.2) is 5.78 Å². The van der Waals surface area contributed by atoms with Gasteiger partial charge in [-0.1, -0.05) is 0 Å². The van der Waals surface area contributed by atoms with Crippen LogP contribution >= 0.6 is 0 Å². The first-order chi connectivity index (χ1) is 4.20. The second kappa shape index (κ2) is 1.97. The van der Waals surface area contributed by atoms with Crippen LogP contribution in [-0.2, 0) is 4.79 Å². The van der Waals surface area contributed by atoms with Gasteiger partial charge in [0.1, 0.15) is 0 Å². The van der Waals surface area contributed by atoms with Crippen LogP contribution < -0.4 is 0 Å². The Labute approximate surface area is 51.3 Å². The Bertz CT molecular complexity index is 194. The topological polar surface area (TPSA) is 60.2 Å². The highest BCUT2D eigenvalue weighted by atomic mass is 16.6. The smallest absolute Gasteiger partial charge is 0.250 e. The van der Waals surface area contributed by atoms with E-state index in [0.29, 0.717) is 12.8 Å². The zero-order chi connectivity index (χ0) is 6.85. The molecule has 0 fully saturated rings. The Kier molecular flexibility index (Phi) is 1.30. The van der Waals surface area contributed by atoms with Gasteiger partial charge in [0, 0.05) is 12.8 Å². The van der Waals surface area contributed by atoms with Gasteiger partial charge in [-0.3, -0.25) is 14.9 Å². The van der Waals surface area contributed by atoms with Crippen molar-refractivity contribution in [2.75, 3.05) is 0 Å². The van der Waals surface area contributed by atoms with Gasteiger partial charge in [-0.2, -0.15) is 0 Å². The van der Waals surface area contributed by atoms with E-state index < -0.39 is 4.92 Å². The summed E-state index contributed by atoms with van der Waals surface area (Å²) >= 11 is 0. The van der Waals surface area contributed by atoms with Crippen LogP contribution in [0.2, 0.25) is 0 Å². The van der Waals surface area contributed by atoms with Crippen molar-refractivity contribution in [3.05, 3.63) is 21.9 Å². The van der Waals surface area contributed by atoms with Gasteiger partial charge in [-0.15, -0.1) is 0 Å². The highest BCUT2D eigenvalue weighted by Crippen LogP contribution is 2.14. The molecule has 0 saturated carbocycles. The van der Waals surface area contributed by atoms with Gasteiger partial charge in [0.2, 0.25) is 5.70 Å². The van der Waals surface area contributed by atoms with Crippen LogP contribution in [0.5, 0.6) is 0 Å². The lowest BCUT2D eigenvalue weighted by Crippen LogP contribution is -1.93. The summed E-state index contributed by atoms with van der Waals surface area (Å²) in [4.78, 5) is 19.8. The molecule has 48 valence electrons. The maximum absolute atomic E-state index is 10.4. The molecule has 1 rings (SSSR count). The number of allylic oxidation sites excluding steroid dienone is 2. The van der Waals surface area contributed by atoms with Gasteiger partial charge < -0.3 is 0 Å². The molecule has 0 bridgehead atoms. The maximum atomic E-state index is 10.4. The predicted molar refractivity (Wildman–Crippen MR) is 29.3 cm³/mol. The van der Waals surface area contributed by atoms with Crippen LogP contribution in [0.4, 0.5) is 0 Å². The third-order valence-corrected chi connectivity index (χ3v) is 1.19. The first-order valence-corrected chi connectivity index (χ1v) is 2.58. The third kappa shape index (κ3) is 1.13. The second-order valence-electron chi connectivity index (χ2n) is 1.86. The molecular formula is C5H5NO3. The van der Waals surface area contributed by atoms with Crippen molar-refractivity contribution < 1.29 is 9.72 Å². The first-order valence-electron chi connectivity index (χ1n) is 2.58. The van der Waals surface area contributed by atoms with E-state index in [1.165, 1.54) is 0 Å². The summed E-state index contributed by atoms with van der Waals surface area (Å²) in [5.74, 6) is -0.137. The number of hydrogen-bond donors (Lipinski definition) is 0. The summed E-state index contributed by atoms with van der Waals surface area (Å²) in [5, 5.41) is 9.93. The maximum Gasteiger partial charge on any atom is 0.250 e. The molecule has 0 aromatic carbocycles. The van der Waals surface area contributed by atoms with Crippen molar-refractivity contribution in [3.63, 3.8) is 0 Å². The summed E-state index contributed by atoms with van der Waals surface area (Å²) in [7, 11) is 0. The van der Waals surface area contributed by atoms with Crippen molar-refractivity contribution in [2.24, 2.45) is 0 Å². The lowest BCUT2D eigenvalue weighted by molar-refractivity contribution is -0.426. The van der Waals surface area contributed by atoms with Crippen molar-refractivity contribution in [3.8, 4) is 0 Å². The summed E-state index contributed by atoms with van der Waals surface area (Å²) in [6, 6.07) is 0. The largest absolute Gasteiger partial charge is 0.295 e. The molecule has 9 heavy (non-hydrogen) atoms. The molecule has 1 aliphatic carbocycles. The Morgan fingerprint density at radius 2 is 2.22 bits per heavy atom. The molecule has 0 radical (unpaired) electrons. The number of ketones is 1. The lowest BCUT2D eigenvalue weighted by atomic mass is 10.3. The van der Waals surface area contributed by atoms with Crippen LogP contribution in [0.15, 0.2) is 11.8 Å². The van der Waals surface area contributed by atoms with E-state index in [1.807, 2.05) is 0 Å². The van der Waals surface area contributed by atoms with E-state index in [-0.39, 0.29) is 11.5 Å². The van der Waals surface area contributed by atoms with Gasteiger partial charge in [0.25, 0.3) is 0 Å². The minimum absolute atomic E-state index is 0.0417. The molecule has 0 amide bonds. The Balaban J connectivity index is 2.74. The monoisotopic (exact) mass is 127 g/mol. The van der Waals surface area contributed by atoms with Gasteiger partial charge in [-0.25, -0.2) is 0 Å². The molecule has 0 spiro atoms. The second-order valence-corrected chi connectivity index (χ2v) is 1.86. The fourth-order valence-corrected chi connectivity index (χ4v) is 0.725. The van der Waals surface area contributed by atoms with Gasteiger partial charge in [0.05, 0.1) is 11.0 Å². The summed E-state index contributed by atoms with van der Waals surface area (Å²) in [5.41, 5.74) is 0.0417. The van der Waals surface area contributed by atoms with E-state index >= 15 is 0 Å². The normalized spacial score (nSPS) is 17.8. The number of nitro groups is 1. The molecule has 0 aliphatic heterocycles. The summed E-state index contributed by atoms with van der Waals surface area (Å²) < 4.78 is 0. The van der Waals surface area contributed by atoms with Crippen molar-refractivity contribution >= 4 is 5.78 Å². The fraction of sp³-hybridized carbons (Fsp3) is 0.400. The van der Waals surface area contributed by atoms with E-state index in [9.17, 15) is 14.9 Å². The highest BCUT2D eigenvalue weighted by molar-refractivity contribution is 5.92. The number of hydrogen-bond acceptors (Lipinski definition) is 3. The Hall–Kier alpha value is -1.19. The number of nitrogens with zero attached hydrogens (tertiary/aromatic N) is 1. The van der Waals surface area contributed by atoms with E-state index in [0.717, 1.165) is 6.08 Å². The number of carbonyl (C=O) groups excluding carboxylic acids is 1. The molecular weight excluding hydrogens is 122 g/mol. The molecule has 0 N–H and O–H groups in total. The van der Waals surface area contributed by atoms with Crippen LogP contribution in [0.25, 0.3) is 0 Å². The average molecular weight is 127 g/mol. The average Bonchev–Trinajstić information content (AvgIpc) is 2.14. The van der Waals surface area contributed by atoms with Crippen LogP contribution in [-0.4, -0.2) is 10.7 Å². The number of carbonyl (C=O) groups is 1. The van der Waals surface area contributed by atoms with Crippen LogP contribution in [0, 0.1) is 10.1 Å². The number of rotatable bonds is 1. The fourth-order valence-electron chi connectivity index (χ4n) is 0.725. The van der Waals surface area contributed by atoms with Crippen molar-refractivity contribution in [1.29, 1.82) is 0 Å². The van der Waals surface area contributed by atoms with E-state index in [1.54, 1.807) is 0 Å². The summed E-state index contributed by atoms with van der Waals surface area (Å²) in [6.07, 6.45) is 1.70. The van der Waals surface area contributed by atoms with Gasteiger partial charge >= 0.3 is 0 Å². The Morgan fingerprint density at radius 3 is 2.44 bits per heavy atom. The zero-order valence-corrected chi connectivity index (χ0v) is 4.66. The van der Waals surface area contributed by atoms with E-state index in [2.05, 4.69) is 0 Å². The first kappa shape index (κ1) is 5.94. The molecule has 0 aromatic rings. The van der Waals surface area contributed by atoms with Crippen LogP contribution in [0.1, 0.15) is 12.8 Å². The molecule has 0 saturated heterocycles. The van der Waals surface area contributed by atoms with Gasteiger partial charge in [-0.05, 0) is 0 Å². The molecule has 0 aromatic heterocycles. The molecule has 0 atom stereocenters. The highest BCUT2D eigenvalue weighted by Gasteiger charge is 2.20. The molecule has 4 nitrogen and oxygen atoms in total. The van der Waals surface area contributed by atoms with Crippen molar-refractivity contribution in [2.45, 2.75) is 12.8 Å². The standard InChI is InChI=1S/C5H5NO3/c7-5-2-1-4(3-5)6(8)9/h3H,1-2H2. The molecule has 4 heteroatoms. The minimum Gasteiger partial charge on any atom is -0.295 e. The van der Waals surface area contributed by atoms with E-state index in [4.69, 9.17) is 0 Å². The third-order valence-electron chi connectivity index (χ3n) is 1.19. The molecule has 0 unspecified atom stereocenters. The quantitative estimate of drug-likeness (QED) is 0.381. The summed E-state index contributed by atoms with van der Waals surface area (Å²) in [6.45, 7) is 0. The predicted octanol–water partition coefficient (Wildman–Crippen LogP) is 0.510. The zero-order valence-electron chi connectivity index (χ0n) is 4.66. The minimum atomic E-state index is -0.509. The SMILES string of the molecule is O=C1C=C([N+](=O)[O-])CC1. The van der Waals surface area contributed by atoms with Crippen molar-refractivity contribution in [1.82, 2.24) is 0 Å². The molecule has 1 aliphatic rings. The lowest BCUT2D eigenvalue weighted by Gasteiger charge is -1.83. The molecule has 0 heterocycles. The van der Waals surface area contributed by atoms with Crippen LogP contribution in [0.3, 0.4) is 0 Å². The Morgan fingerprint density at radius 1 is 1.56 bits per heavy atom.